The summed E-state index contributed by atoms with van der Waals surface area (Å²) in [4.78, 5) is 1.38. The van der Waals surface area contributed by atoms with Gasteiger partial charge < -0.3 is 5.32 Å². The van der Waals surface area contributed by atoms with Gasteiger partial charge in [0.15, 0.2) is 0 Å². The summed E-state index contributed by atoms with van der Waals surface area (Å²) in [5, 5.41) is 3.49. The largest absolute Gasteiger partial charge is 0.312 e. The maximum Gasteiger partial charge on any atom is 0.0931 e. The van der Waals surface area contributed by atoms with E-state index in [4.69, 9.17) is 11.6 Å². The highest BCUT2D eigenvalue weighted by atomic mass is 35.5. The molecule has 1 atom stereocenters. The van der Waals surface area contributed by atoms with Crippen LogP contribution in [0.15, 0.2) is 12.1 Å². The second kappa shape index (κ2) is 5.74. The summed E-state index contributed by atoms with van der Waals surface area (Å²) in [6, 6.07) is 5.24. The molecule has 0 saturated heterocycles. The molecule has 14 heavy (non-hydrogen) atoms. The van der Waals surface area contributed by atoms with Crippen molar-refractivity contribution in [2.24, 2.45) is 0 Å². The van der Waals surface area contributed by atoms with Crippen molar-refractivity contribution in [2.45, 2.75) is 45.7 Å². The molecule has 1 rings (SSSR count). The molecule has 1 aromatic rings. The van der Waals surface area contributed by atoms with E-state index in [1.165, 1.54) is 11.3 Å². The molecule has 0 aromatic carbocycles. The van der Waals surface area contributed by atoms with Crippen LogP contribution in [0.2, 0.25) is 4.34 Å². The van der Waals surface area contributed by atoms with Gasteiger partial charge in [-0.05, 0) is 31.9 Å². The molecule has 0 bridgehead atoms. The molecule has 0 fully saturated rings. The fourth-order valence-corrected chi connectivity index (χ4v) is 2.60. The Morgan fingerprint density at radius 3 is 2.57 bits per heavy atom. The molecule has 1 unspecified atom stereocenters. The lowest BCUT2D eigenvalue weighted by molar-refractivity contribution is 0.467. The highest BCUT2D eigenvalue weighted by Gasteiger charge is 2.05. The number of hydrogen-bond acceptors (Lipinski definition) is 2. The van der Waals surface area contributed by atoms with Crippen LogP contribution in [0.3, 0.4) is 0 Å². The molecule has 1 aromatic heterocycles. The van der Waals surface area contributed by atoms with Gasteiger partial charge >= 0.3 is 0 Å². The highest BCUT2D eigenvalue weighted by Crippen LogP contribution is 2.22. The first kappa shape index (κ1) is 12.0. The second-order valence-electron chi connectivity index (χ2n) is 3.97. The van der Waals surface area contributed by atoms with Gasteiger partial charge in [0.1, 0.15) is 0 Å². The molecule has 0 spiro atoms. The Kier molecular flexibility index (Phi) is 4.93. The number of hydrogen-bond donors (Lipinski definition) is 1. The van der Waals surface area contributed by atoms with E-state index in [9.17, 15) is 0 Å². The first-order valence-corrected chi connectivity index (χ1v) is 6.27. The monoisotopic (exact) mass is 231 g/mol. The molecule has 0 aliphatic carbocycles. The van der Waals surface area contributed by atoms with E-state index in [2.05, 4.69) is 32.2 Å². The predicted molar refractivity (Wildman–Crippen MR) is 65.4 cm³/mol. The first-order chi connectivity index (χ1) is 6.58. The number of nitrogens with one attached hydrogen (secondary N) is 1. The molecule has 1 nitrogen and oxygen atoms in total. The van der Waals surface area contributed by atoms with E-state index in [0.29, 0.717) is 12.1 Å². The van der Waals surface area contributed by atoms with Gasteiger partial charge in [0.2, 0.25) is 0 Å². The second-order valence-corrected chi connectivity index (χ2v) is 5.77. The number of aryl methyl sites for hydroxylation is 1. The van der Waals surface area contributed by atoms with Crippen LogP contribution in [0.25, 0.3) is 0 Å². The Balaban J connectivity index is 2.26. The summed E-state index contributed by atoms with van der Waals surface area (Å²) < 4.78 is 0.893. The Hall–Kier alpha value is -0.0500. The third-order valence-corrected chi connectivity index (χ3v) is 3.36. The molecule has 0 amide bonds. The van der Waals surface area contributed by atoms with Gasteiger partial charge in [0, 0.05) is 17.0 Å². The highest BCUT2D eigenvalue weighted by molar-refractivity contribution is 7.16. The van der Waals surface area contributed by atoms with E-state index in [1.54, 1.807) is 11.3 Å². The zero-order valence-electron chi connectivity index (χ0n) is 9.01. The third-order valence-electron chi connectivity index (χ3n) is 2.07. The van der Waals surface area contributed by atoms with Crippen LogP contribution in [0, 0.1) is 0 Å². The van der Waals surface area contributed by atoms with Crippen molar-refractivity contribution < 1.29 is 0 Å². The fourth-order valence-electron chi connectivity index (χ4n) is 1.50. The average molecular weight is 232 g/mol. The zero-order chi connectivity index (χ0) is 10.6. The Labute approximate surface area is 95.5 Å². The molecule has 80 valence electrons. The lowest BCUT2D eigenvalue weighted by atomic mass is 10.1. The minimum atomic E-state index is 0.567. The lowest BCUT2D eigenvalue weighted by Gasteiger charge is -2.15. The van der Waals surface area contributed by atoms with E-state index in [0.717, 1.165) is 10.8 Å². The van der Waals surface area contributed by atoms with Gasteiger partial charge in [0.25, 0.3) is 0 Å². The number of halogens is 1. The van der Waals surface area contributed by atoms with Crippen LogP contribution < -0.4 is 5.32 Å². The summed E-state index contributed by atoms with van der Waals surface area (Å²) in [6.07, 6.45) is 2.30. The smallest absolute Gasteiger partial charge is 0.0931 e. The zero-order valence-corrected chi connectivity index (χ0v) is 10.6. The molecule has 0 aliphatic rings. The summed E-state index contributed by atoms with van der Waals surface area (Å²) in [6.45, 7) is 6.59. The van der Waals surface area contributed by atoms with Gasteiger partial charge in [-0.2, -0.15) is 0 Å². The molecule has 0 aliphatic heterocycles. The molecule has 1 N–H and O–H groups in total. The van der Waals surface area contributed by atoms with E-state index in [-0.39, 0.29) is 0 Å². The van der Waals surface area contributed by atoms with Crippen molar-refractivity contribution >= 4 is 22.9 Å². The standard InChI is InChI=1S/C11H18ClNS/c1-8(2)13-9(3)4-5-10-6-7-11(12)14-10/h6-9,13H,4-5H2,1-3H3. The lowest BCUT2D eigenvalue weighted by Crippen LogP contribution is -2.32. The maximum absolute atomic E-state index is 5.86. The Morgan fingerprint density at radius 2 is 2.07 bits per heavy atom. The van der Waals surface area contributed by atoms with Crippen molar-refractivity contribution in [1.82, 2.24) is 5.32 Å². The van der Waals surface area contributed by atoms with Crippen molar-refractivity contribution in [1.29, 1.82) is 0 Å². The fraction of sp³-hybridized carbons (Fsp3) is 0.636. The third kappa shape index (κ3) is 4.45. The van der Waals surface area contributed by atoms with E-state index in [1.807, 2.05) is 6.07 Å². The quantitative estimate of drug-likeness (QED) is 0.815. The topological polar surface area (TPSA) is 12.0 Å². The summed E-state index contributed by atoms with van der Waals surface area (Å²) in [7, 11) is 0. The van der Waals surface area contributed by atoms with E-state index >= 15 is 0 Å². The van der Waals surface area contributed by atoms with E-state index < -0.39 is 0 Å². The Morgan fingerprint density at radius 1 is 1.36 bits per heavy atom. The molecule has 1 heterocycles. The molecular weight excluding hydrogens is 214 g/mol. The van der Waals surface area contributed by atoms with Crippen molar-refractivity contribution in [3.8, 4) is 0 Å². The van der Waals surface area contributed by atoms with Crippen molar-refractivity contribution in [2.75, 3.05) is 0 Å². The minimum absolute atomic E-state index is 0.567. The minimum Gasteiger partial charge on any atom is -0.312 e. The molecule has 0 radical (unpaired) electrons. The molecule has 3 heteroatoms. The van der Waals surface area contributed by atoms with Gasteiger partial charge in [-0.1, -0.05) is 25.4 Å². The molecular formula is C11H18ClNS. The number of rotatable bonds is 5. The summed E-state index contributed by atoms with van der Waals surface area (Å²) in [5.74, 6) is 0. The van der Waals surface area contributed by atoms with Gasteiger partial charge in [-0.3, -0.25) is 0 Å². The van der Waals surface area contributed by atoms with Gasteiger partial charge in [0.05, 0.1) is 4.34 Å². The summed E-state index contributed by atoms with van der Waals surface area (Å²) >= 11 is 7.55. The van der Waals surface area contributed by atoms with Crippen LogP contribution in [-0.4, -0.2) is 12.1 Å². The van der Waals surface area contributed by atoms with Crippen LogP contribution in [0.1, 0.15) is 32.1 Å². The SMILES string of the molecule is CC(C)NC(C)CCc1ccc(Cl)s1. The molecule has 0 saturated carbocycles. The van der Waals surface area contributed by atoms with Crippen LogP contribution >= 0.6 is 22.9 Å². The predicted octanol–water partition coefficient (Wildman–Crippen LogP) is 3.72. The first-order valence-electron chi connectivity index (χ1n) is 5.08. The van der Waals surface area contributed by atoms with Crippen molar-refractivity contribution in [3.63, 3.8) is 0 Å². The van der Waals surface area contributed by atoms with Crippen LogP contribution in [-0.2, 0) is 6.42 Å². The number of thiophene rings is 1. The van der Waals surface area contributed by atoms with Gasteiger partial charge in [-0.15, -0.1) is 11.3 Å². The Bertz CT molecular complexity index is 270. The van der Waals surface area contributed by atoms with Gasteiger partial charge in [-0.25, -0.2) is 0 Å². The maximum atomic E-state index is 5.86. The van der Waals surface area contributed by atoms with Crippen LogP contribution in [0.4, 0.5) is 0 Å². The normalized spacial score (nSPS) is 13.5. The average Bonchev–Trinajstić information content (AvgIpc) is 2.47. The summed E-state index contributed by atoms with van der Waals surface area (Å²) in [5.41, 5.74) is 0. The van der Waals surface area contributed by atoms with Crippen LogP contribution in [0.5, 0.6) is 0 Å². The van der Waals surface area contributed by atoms with Crippen molar-refractivity contribution in [3.05, 3.63) is 21.3 Å².